The van der Waals surface area contributed by atoms with E-state index in [1.807, 2.05) is 19.1 Å². The van der Waals surface area contributed by atoms with Crippen molar-refractivity contribution in [2.24, 2.45) is 0 Å². The van der Waals surface area contributed by atoms with Crippen LogP contribution >= 0.6 is 11.6 Å². The molecule has 0 unspecified atom stereocenters. The standard InChI is InChI=1S/C25H21ClN2O4/c1-15-11-12-21(32-3)19(13-15)27-23-22(18-9-4-5-10-20(18)31-2)24(29)28(25(23)30)17-8-6-7-16(26)14-17/h4-14,27H,1-3H3. The Bertz CT molecular complexity index is 1250. The number of hydrogen-bond donors (Lipinski definition) is 1. The van der Waals surface area contributed by atoms with Gasteiger partial charge in [0.25, 0.3) is 11.8 Å². The minimum absolute atomic E-state index is 0.128. The lowest BCUT2D eigenvalue weighted by atomic mass is 10.0. The highest BCUT2D eigenvalue weighted by Gasteiger charge is 2.41. The largest absolute Gasteiger partial charge is 0.496 e. The highest BCUT2D eigenvalue weighted by atomic mass is 35.5. The number of rotatable bonds is 6. The molecule has 0 atom stereocenters. The van der Waals surface area contributed by atoms with E-state index in [0.29, 0.717) is 33.5 Å². The third-order valence-electron chi connectivity index (χ3n) is 5.14. The van der Waals surface area contributed by atoms with Crippen LogP contribution in [0.5, 0.6) is 11.5 Å². The Kier molecular flexibility index (Phi) is 5.88. The summed E-state index contributed by atoms with van der Waals surface area (Å²) in [6.45, 7) is 1.93. The highest BCUT2D eigenvalue weighted by molar-refractivity contribution is 6.46. The van der Waals surface area contributed by atoms with Crippen molar-refractivity contribution >= 4 is 40.4 Å². The monoisotopic (exact) mass is 448 g/mol. The topological polar surface area (TPSA) is 67.9 Å². The number of benzene rings is 3. The SMILES string of the molecule is COc1ccc(C)cc1NC1=C(c2ccccc2OC)C(=O)N(c2cccc(Cl)c2)C1=O. The van der Waals surface area contributed by atoms with E-state index in [1.54, 1.807) is 61.7 Å². The van der Waals surface area contributed by atoms with Gasteiger partial charge in [0.15, 0.2) is 0 Å². The normalized spacial score (nSPS) is 13.6. The molecule has 6 nitrogen and oxygen atoms in total. The van der Waals surface area contributed by atoms with Gasteiger partial charge in [0.05, 0.1) is 31.2 Å². The number of imide groups is 1. The van der Waals surface area contributed by atoms with Crippen LogP contribution in [0.15, 0.2) is 72.4 Å². The van der Waals surface area contributed by atoms with Crippen molar-refractivity contribution in [2.75, 3.05) is 24.4 Å². The van der Waals surface area contributed by atoms with Gasteiger partial charge in [-0.15, -0.1) is 0 Å². The molecule has 162 valence electrons. The first-order valence-corrected chi connectivity index (χ1v) is 10.3. The smallest absolute Gasteiger partial charge is 0.282 e. The number of hydrogen-bond acceptors (Lipinski definition) is 5. The second-order valence-electron chi connectivity index (χ2n) is 7.20. The highest BCUT2D eigenvalue weighted by Crippen LogP contribution is 2.39. The third-order valence-corrected chi connectivity index (χ3v) is 5.38. The molecule has 1 aliphatic rings. The van der Waals surface area contributed by atoms with Crippen LogP contribution in [-0.2, 0) is 9.59 Å². The number of halogens is 1. The predicted molar refractivity (Wildman–Crippen MR) is 125 cm³/mol. The maximum Gasteiger partial charge on any atom is 0.282 e. The zero-order valence-electron chi connectivity index (χ0n) is 17.8. The van der Waals surface area contributed by atoms with Crippen LogP contribution in [-0.4, -0.2) is 26.0 Å². The van der Waals surface area contributed by atoms with Gasteiger partial charge in [-0.3, -0.25) is 9.59 Å². The molecule has 3 aromatic carbocycles. The molecule has 0 saturated carbocycles. The summed E-state index contributed by atoms with van der Waals surface area (Å²) in [5.74, 6) is 0.0497. The van der Waals surface area contributed by atoms with Crippen molar-refractivity contribution in [1.82, 2.24) is 0 Å². The van der Waals surface area contributed by atoms with E-state index in [4.69, 9.17) is 21.1 Å². The molecule has 0 radical (unpaired) electrons. The first-order chi connectivity index (χ1) is 15.4. The molecule has 1 heterocycles. The second kappa shape index (κ2) is 8.77. The fourth-order valence-corrected chi connectivity index (χ4v) is 3.84. The number of ether oxygens (including phenoxy) is 2. The quantitative estimate of drug-likeness (QED) is 0.534. The number of anilines is 2. The lowest BCUT2D eigenvalue weighted by Crippen LogP contribution is -2.32. The van der Waals surface area contributed by atoms with Crippen LogP contribution in [0.1, 0.15) is 11.1 Å². The second-order valence-corrected chi connectivity index (χ2v) is 7.64. The van der Waals surface area contributed by atoms with Gasteiger partial charge in [-0.1, -0.05) is 41.9 Å². The van der Waals surface area contributed by atoms with E-state index in [2.05, 4.69) is 5.32 Å². The average molecular weight is 449 g/mol. The number of carbonyl (C=O) groups is 2. The summed E-state index contributed by atoms with van der Waals surface area (Å²) in [4.78, 5) is 28.3. The molecule has 7 heteroatoms. The summed E-state index contributed by atoms with van der Waals surface area (Å²) in [6.07, 6.45) is 0. The van der Waals surface area contributed by atoms with Gasteiger partial charge in [-0.25, -0.2) is 4.90 Å². The molecule has 0 aromatic heterocycles. The maximum absolute atomic E-state index is 13.6. The van der Waals surface area contributed by atoms with Gasteiger partial charge in [-0.05, 0) is 48.9 Å². The first-order valence-electron chi connectivity index (χ1n) is 9.88. The van der Waals surface area contributed by atoms with E-state index in [1.165, 1.54) is 7.11 Å². The van der Waals surface area contributed by atoms with Crippen molar-refractivity contribution in [3.63, 3.8) is 0 Å². The molecule has 1 aliphatic heterocycles. The Morgan fingerprint density at radius 3 is 2.31 bits per heavy atom. The minimum atomic E-state index is -0.498. The van der Waals surface area contributed by atoms with E-state index in [-0.39, 0.29) is 11.3 Å². The molecule has 4 rings (SSSR count). The van der Waals surface area contributed by atoms with Crippen molar-refractivity contribution < 1.29 is 19.1 Å². The van der Waals surface area contributed by atoms with Crippen molar-refractivity contribution in [1.29, 1.82) is 0 Å². The zero-order valence-corrected chi connectivity index (χ0v) is 18.6. The van der Waals surface area contributed by atoms with Crippen molar-refractivity contribution in [3.05, 3.63) is 88.6 Å². The summed E-state index contributed by atoms with van der Waals surface area (Å²) in [7, 11) is 3.07. The van der Waals surface area contributed by atoms with Crippen LogP contribution in [0.4, 0.5) is 11.4 Å². The van der Waals surface area contributed by atoms with Crippen LogP contribution < -0.4 is 19.7 Å². The molecule has 3 aromatic rings. The predicted octanol–water partition coefficient (Wildman–Crippen LogP) is 5.06. The van der Waals surface area contributed by atoms with Crippen LogP contribution in [0.25, 0.3) is 5.57 Å². The van der Waals surface area contributed by atoms with Gasteiger partial charge in [-0.2, -0.15) is 0 Å². The number of methoxy groups -OCH3 is 2. The molecule has 0 fully saturated rings. The fourth-order valence-electron chi connectivity index (χ4n) is 3.65. The molecular formula is C25H21ClN2O4. The fraction of sp³-hybridized carbons (Fsp3) is 0.120. The Hall–Kier alpha value is -3.77. The third kappa shape index (κ3) is 3.81. The van der Waals surface area contributed by atoms with Gasteiger partial charge in [0, 0.05) is 10.6 Å². The van der Waals surface area contributed by atoms with Crippen molar-refractivity contribution in [3.8, 4) is 11.5 Å². The van der Waals surface area contributed by atoms with Gasteiger partial charge >= 0.3 is 0 Å². The Morgan fingerprint density at radius 2 is 1.59 bits per heavy atom. The lowest BCUT2D eigenvalue weighted by molar-refractivity contribution is -0.120. The molecule has 0 bridgehead atoms. The molecule has 0 saturated heterocycles. The van der Waals surface area contributed by atoms with E-state index >= 15 is 0 Å². The van der Waals surface area contributed by atoms with Crippen molar-refractivity contribution in [2.45, 2.75) is 6.92 Å². The zero-order chi connectivity index (χ0) is 22.8. The Morgan fingerprint density at radius 1 is 0.844 bits per heavy atom. The number of carbonyl (C=O) groups excluding carboxylic acids is 2. The average Bonchev–Trinajstić information content (AvgIpc) is 3.03. The number of nitrogens with one attached hydrogen (secondary N) is 1. The Labute approximate surface area is 191 Å². The molecule has 0 aliphatic carbocycles. The summed E-state index contributed by atoms with van der Waals surface area (Å²) >= 11 is 6.13. The Balaban J connectivity index is 1.90. The lowest BCUT2D eigenvalue weighted by Gasteiger charge is -2.16. The molecular weight excluding hydrogens is 428 g/mol. The summed E-state index contributed by atoms with van der Waals surface area (Å²) in [5, 5.41) is 3.57. The molecule has 32 heavy (non-hydrogen) atoms. The van der Waals surface area contributed by atoms with Gasteiger partial charge in [0.1, 0.15) is 17.2 Å². The maximum atomic E-state index is 13.6. The van der Waals surface area contributed by atoms with Crippen LogP contribution in [0.3, 0.4) is 0 Å². The molecule has 1 N–H and O–H groups in total. The number of aryl methyl sites for hydroxylation is 1. The van der Waals surface area contributed by atoms with E-state index in [9.17, 15) is 9.59 Å². The van der Waals surface area contributed by atoms with E-state index < -0.39 is 11.8 Å². The first kappa shape index (κ1) is 21.5. The molecule has 2 amide bonds. The number of nitrogens with zero attached hydrogens (tertiary/aromatic N) is 1. The van der Waals surface area contributed by atoms with Gasteiger partial charge in [0.2, 0.25) is 0 Å². The number of amides is 2. The van der Waals surface area contributed by atoms with Crippen LogP contribution in [0.2, 0.25) is 5.02 Å². The van der Waals surface area contributed by atoms with Crippen LogP contribution in [0, 0.1) is 6.92 Å². The summed E-state index contributed by atoms with van der Waals surface area (Å²) in [5.41, 5.74) is 2.76. The molecule has 0 spiro atoms. The number of para-hydroxylation sites is 1. The minimum Gasteiger partial charge on any atom is -0.496 e. The van der Waals surface area contributed by atoms with Gasteiger partial charge < -0.3 is 14.8 Å². The summed E-state index contributed by atoms with van der Waals surface area (Å²) in [6, 6.07) is 19.2. The van der Waals surface area contributed by atoms with E-state index in [0.717, 1.165) is 10.5 Å². The summed E-state index contributed by atoms with van der Waals surface area (Å²) < 4.78 is 10.9.